The van der Waals surface area contributed by atoms with Crippen LogP contribution in [0.2, 0.25) is 0 Å². The molecule has 4 nitrogen and oxygen atoms in total. The summed E-state index contributed by atoms with van der Waals surface area (Å²) in [6.07, 6.45) is 0. The molecule has 0 unspecified atom stereocenters. The van der Waals surface area contributed by atoms with Crippen molar-refractivity contribution in [3.63, 3.8) is 0 Å². The Labute approximate surface area is 71.2 Å². The molecule has 0 atom stereocenters. The molecular formula is C8H12N2O2. The molecule has 12 heavy (non-hydrogen) atoms. The molecule has 2 rings (SSSR count). The first-order chi connectivity index (χ1) is 5.79. The Morgan fingerprint density at radius 3 is 2.83 bits per heavy atom. The van der Waals surface area contributed by atoms with E-state index in [0.29, 0.717) is 0 Å². The van der Waals surface area contributed by atoms with E-state index in [0.717, 1.165) is 16.8 Å². The number of ether oxygens (including phenoxy) is 1. The molecule has 0 amide bonds. The molecule has 2 N–H and O–H groups in total. The quantitative estimate of drug-likeness (QED) is 0.675. The van der Waals surface area contributed by atoms with Crippen molar-refractivity contribution in [3.8, 4) is 5.75 Å². The van der Waals surface area contributed by atoms with E-state index in [2.05, 4.69) is 9.97 Å². The lowest BCUT2D eigenvalue weighted by Crippen LogP contribution is -1.99. The average molecular weight is 168 g/mol. The van der Waals surface area contributed by atoms with Gasteiger partial charge < -0.3 is 14.7 Å². The van der Waals surface area contributed by atoms with Gasteiger partial charge in [-0.3, -0.25) is 0 Å². The van der Waals surface area contributed by atoms with Crippen molar-refractivity contribution in [2.45, 2.75) is 0 Å². The van der Waals surface area contributed by atoms with Crippen LogP contribution in [0.5, 0.6) is 5.75 Å². The molecule has 1 aromatic heterocycles. The monoisotopic (exact) mass is 168 g/mol. The molecule has 0 aliphatic carbocycles. The predicted molar refractivity (Wildman–Crippen MR) is 49.7 cm³/mol. The van der Waals surface area contributed by atoms with Crippen LogP contribution in [0, 0.1) is 0 Å². The SMILES string of the molecule is COc1ccc2[nH]c(=O)[nH]c2c1.[HH].[HH]. The minimum Gasteiger partial charge on any atom is -0.497 e. The lowest BCUT2D eigenvalue weighted by atomic mass is 10.3. The van der Waals surface area contributed by atoms with Gasteiger partial charge in [-0.2, -0.15) is 0 Å². The van der Waals surface area contributed by atoms with Gasteiger partial charge in [-0.1, -0.05) is 0 Å². The Morgan fingerprint density at radius 2 is 2.08 bits per heavy atom. The van der Waals surface area contributed by atoms with E-state index >= 15 is 0 Å². The van der Waals surface area contributed by atoms with E-state index < -0.39 is 0 Å². The molecule has 0 saturated heterocycles. The van der Waals surface area contributed by atoms with E-state index in [1.165, 1.54) is 0 Å². The Hall–Kier alpha value is -1.71. The summed E-state index contributed by atoms with van der Waals surface area (Å²) < 4.78 is 5.00. The highest BCUT2D eigenvalue weighted by Gasteiger charge is 1.98. The fourth-order valence-electron chi connectivity index (χ4n) is 1.14. The van der Waals surface area contributed by atoms with Crippen molar-refractivity contribution >= 4 is 11.0 Å². The second-order valence-corrected chi connectivity index (χ2v) is 2.49. The lowest BCUT2D eigenvalue weighted by Gasteiger charge is -1.96. The molecule has 0 spiro atoms. The fourth-order valence-corrected chi connectivity index (χ4v) is 1.14. The number of fused-ring (bicyclic) bond motifs is 1. The molecule has 0 saturated carbocycles. The average Bonchev–Trinajstić information content (AvgIpc) is 2.43. The highest BCUT2D eigenvalue weighted by Crippen LogP contribution is 2.15. The first kappa shape index (κ1) is 6.97. The zero-order chi connectivity index (χ0) is 8.55. The van der Waals surface area contributed by atoms with Crippen molar-refractivity contribution in [1.29, 1.82) is 0 Å². The largest absolute Gasteiger partial charge is 0.497 e. The Balaban J connectivity index is 0.000000845. The zero-order valence-corrected chi connectivity index (χ0v) is 6.55. The maximum atomic E-state index is 10.8. The summed E-state index contributed by atoms with van der Waals surface area (Å²) in [5.41, 5.74) is 1.36. The van der Waals surface area contributed by atoms with Gasteiger partial charge in [-0.15, -0.1) is 0 Å². The van der Waals surface area contributed by atoms with Crippen LogP contribution >= 0.6 is 0 Å². The van der Waals surface area contributed by atoms with Gasteiger partial charge in [-0.05, 0) is 12.1 Å². The van der Waals surface area contributed by atoms with Crippen LogP contribution in [-0.2, 0) is 0 Å². The zero-order valence-electron chi connectivity index (χ0n) is 6.55. The van der Waals surface area contributed by atoms with Gasteiger partial charge >= 0.3 is 5.69 Å². The normalized spacial score (nSPS) is 10.4. The van der Waals surface area contributed by atoms with Crippen LogP contribution in [0.25, 0.3) is 11.0 Å². The van der Waals surface area contributed by atoms with Crippen molar-refractivity contribution in [2.75, 3.05) is 7.11 Å². The van der Waals surface area contributed by atoms with Crippen molar-refractivity contribution < 1.29 is 7.59 Å². The van der Waals surface area contributed by atoms with Crippen molar-refractivity contribution in [3.05, 3.63) is 28.7 Å². The van der Waals surface area contributed by atoms with Crippen LogP contribution in [0.3, 0.4) is 0 Å². The van der Waals surface area contributed by atoms with Crippen LogP contribution in [0.1, 0.15) is 2.85 Å². The van der Waals surface area contributed by atoms with Crippen molar-refractivity contribution in [1.82, 2.24) is 9.97 Å². The minimum atomic E-state index is -0.196. The molecule has 1 aromatic carbocycles. The summed E-state index contributed by atoms with van der Waals surface area (Å²) in [5, 5.41) is 0. The fraction of sp³-hybridized carbons (Fsp3) is 0.125. The smallest absolute Gasteiger partial charge is 0.323 e. The van der Waals surface area contributed by atoms with Crippen LogP contribution in [-0.4, -0.2) is 17.1 Å². The number of hydrogen-bond acceptors (Lipinski definition) is 2. The van der Waals surface area contributed by atoms with Crippen LogP contribution in [0.4, 0.5) is 0 Å². The van der Waals surface area contributed by atoms with Crippen LogP contribution < -0.4 is 10.4 Å². The molecule has 4 heteroatoms. The molecule has 0 bridgehead atoms. The summed E-state index contributed by atoms with van der Waals surface area (Å²) in [5.74, 6) is 0.734. The Morgan fingerprint density at radius 1 is 1.33 bits per heavy atom. The first-order valence-electron chi connectivity index (χ1n) is 3.55. The molecular weight excluding hydrogens is 156 g/mol. The number of nitrogens with one attached hydrogen (secondary N) is 2. The van der Waals surface area contributed by atoms with Gasteiger partial charge in [0.15, 0.2) is 0 Å². The number of aromatic nitrogens is 2. The number of methoxy groups -OCH3 is 1. The minimum absolute atomic E-state index is 0. The third-order valence-electron chi connectivity index (χ3n) is 1.72. The maximum absolute atomic E-state index is 10.8. The van der Waals surface area contributed by atoms with E-state index in [-0.39, 0.29) is 8.54 Å². The summed E-state index contributed by atoms with van der Waals surface area (Å²) in [6, 6.07) is 5.37. The number of rotatable bonds is 1. The molecule has 0 aliphatic rings. The van der Waals surface area contributed by atoms with E-state index in [1.54, 1.807) is 25.3 Å². The predicted octanol–water partition coefficient (Wildman–Crippen LogP) is 1.36. The highest BCUT2D eigenvalue weighted by atomic mass is 16.5. The van der Waals surface area contributed by atoms with Gasteiger partial charge in [0.05, 0.1) is 18.1 Å². The third-order valence-corrected chi connectivity index (χ3v) is 1.72. The van der Waals surface area contributed by atoms with Gasteiger partial charge in [0, 0.05) is 8.92 Å². The van der Waals surface area contributed by atoms with E-state index in [9.17, 15) is 4.79 Å². The standard InChI is InChI=1S/C8H8N2O2.2H2/c1-12-5-2-3-6-7(4-5)10-8(11)9-6;;/h2-4H,1H3,(H2,9,10,11);2*1H. The number of benzene rings is 1. The second-order valence-electron chi connectivity index (χ2n) is 2.49. The molecule has 0 radical (unpaired) electrons. The lowest BCUT2D eigenvalue weighted by molar-refractivity contribution is 0.415. The molecule has 0 fully saturated rings. The van der Waals surface area contributed by atoms with Gasteiger partial charge in [0.2, 0.25) is 0 Å². The summed E-state index contributed by atoms with van der Waals surface area (Å²) in [6.45, 7) is 0. The molecule has 2 aromatic rings. The second kappa shape index (κ2) is 2.41. The topological polar surface area (TPSA) is 57.9 Å². The third kappa shape index (κ3) is 0.972. The molecule has 1 heterocycles. The Kier molecular flexibility index (Phi) is 1.40. The molecule has 0 aliphatic heterocycles. The Bertz CT molecular complexity index is 464. The number of aromatic amines is 2. The van der Waals surface area contributed by atoms with E-state index in [1.807, 2.05) is 0 Å². The maximum Gasteiger partial charge on any atom is 0.323 e. The molecule has 66 valence electrons. The van der Waals surface area contributed by atoms with Gasteiger partial charge in [0.1, 0.15) is 5.75 Å². The number of H-pyrrole nitrogens is 2. The number of imidazole rings is 1. The van der Waals surface area contributed by atoms with Crippen LogP contribution in [0.15, 0.2) is 23.0 Å². The highest BCUT2D eigenvalue weighted by molar-refractivity contribution is 5.75. The van der Waals surface area contributed by atoms with E-state index in [4.69, 9.17) is 4.74 Å². The van der Waals surface area contributed by atoms with Crippen molar-refractivity contribution in [2.24, 2.45) is 0 Å². The summed E-state index contributed by atoms with van der Waals surface area (Å²) >= 11 is 0. The summed E-state index contributed by atoms with van der Waals surface area (Å²) in [7, 11) is 1.59. The number of hydrogen-bond donors (Lipinski definition) is 2. The summed E-state index contributed by atoms with van der Waals surface area (Å²) in [4.78, 5) is 16.1. The van der Waals surface area contributed by atoms with Gasteiger partial charge in [-0.25, -0.2) is 4.79 Å². The van der Waals surface area contributed by atoms with Gasteiger partial charge in [0.25, 0.3) is 0 Å². The first-order valence-corrected chi connectivity index (χ1v) is 3.55.